The van der Waals surface area contributed by atoms with E-state index >= 15 is 0 Å². The number of carbonyl (C=O) groups excluding carboxylic acids is 2. The second-order valence-electron chi connectivity index (χ2n) is 6.07. The van der Waals surface area contributed by atoms with Crippen LogP contribution in [-0.2, 0) is 9.53 Å². The number of fused-ring (bicyclic) bond motifs is 3. The van der Waals surface area contributed by atoms with Crippen molar-refractivity contribution < 1.29 is 14.3 Å². The smallest absolute Gasteiger partial charge is 0.256 e. The summed E-state index contributed by atoms with van der Waals surface area (Å²) in [7, 11) is 0. The highest BCUT2D eigenvalue weighted by atomic mass is 32.2. The van der Waals surface area contributed by atoms with Crippen molar-refractivity contribution in [3.63, 3.8) is 0 Å². The van der Waals surface area contributed by atoms with Crippen molar-refractivity contribution in [3.05, 3.63) is 35.4 Å². The normalized spacial score (nSPS) is 22.4. The summed E-state index contributed by atoms with van der Waals surface area (Å²) in [4.78, 5) is 26.7. The summed E-state index contributed by atoms with van der Waals surface area (Å²) >= 11 is 1.66. The first kappa shape index (κ1) is 16.3. The van der Waals surface area contributed by atoms with Gasteiger partial charge in [0.05, 0.1) is 6.10 Å². The maximum atomic E-state index is 12.6. The first-order chi connectivity index (χ1) is 11.1. The predicted octanol–water partition coefficient (Wildman–Crippen LogP) is 2.19. The minimum Gasteiger partial charge on any atom is -0.379 e. The van der Waals surface area contributed by atoms with Crippen LogP contribution in [0.5, 0.6) is 0 Å². The summed E-state index contributed by atoms with van der Waals surface area (Å²) in [5, 5.41) is 2.92. The van der Waals surface area contributed by atoms with E-state index in [0.29, 0.717) is 18.9 Å². The quantitative estimate of drug-likeness (QED) is 0.810. The molecule has 0 bridgehead atoms. The van der Waals surface area contributed by atoms with E-state index in [1.165, 1.54) is 0 Å². The first-order valence-corrected chi connectivity index (χ1v) is 9.07. The monoisotopic (exact) mass is 334 g/mol. The molecule has 2 atom stereocenters. The third kappa shape index (κ3) is 3.23. The SMILES string of the molecule is CC(C)OCCCNC(=O)[C@@H]1CS[C@H]2c3ccccc3C(=O)N12. The molecule has 124 valence electrons. The van der Waals surface area contributed by atoms with Gasteiger partial charge in [0.2, 0.25) is 5.91 Å². The number of benzene rings is 1. The van der Waals surface area contributed by atoms with Crippen LogP contribution in [-0.4, -0.2) is 47.8 Å². The maximum absolute atomic E-state index is 12.6. The molecule has 0 aromatic heterocycles. The molecule has 5 nitrogen and oxygen atoms in total. The molecule has 0 aliphatic carbocycles. The van der Waals surface area contributed by atoms with Crippen LogP contribution >= 0.6 is 11.8 Å². The van der Waals surface area contributed by atoms with Gasteiger partial charge >= 0.3 is 0 Å². The lowest BCUT2D eigenvalue weighted by atomic mass is 10.1. The molecular formula is C17H22N2O3S. The zero-order chi connectivity index (χ0) is 16.4. The van der Waals surface area contributed by atoms with Crippen molar-refractivity contribution in [3.8, 4) is 0 Å². The van der Waals surface area contributed by atoms with Crippen LogP contribution in [0.15, 0.2) is 24.3 Å². The van der Waals surface area contributed by atoms with Crippen molar-refractivity contribution in [1.82, 2.24) is 10.2 Å². The third-order valence-corrected chi connectivity index (χ3v) is 5.37. The van der Waals surface area contributed by atoms with E-state index < -0.39 is 0 Å². The molecule has 0 spiro atoms. The molecule has 1 fully saturated rings. The van der Waals surface area contributed by atoms with Crippen LogP contribution in [0.3, 0.4) is 0 Å². The third-order valence-electron chi connectivity index (χ3n) is 4.07. The molecule has 2 heterocycles. The number of carbonyl (C=O) groups is 2. The summed E-state index contributed by atoms with van der Waals surface area (Å²) in [6.07, 6.45) is 0.986. The van der Waals surface area contributed by atoms with Gasteiger partial charge in [0.25, 0.3) is 5.91 Å². The highest BCUT2D eigenvalue weighted by Crippen LogP contribution is 2.47. The Morgan fingerprint density at radius 3 is 3.00 bits per heavy atom. The Kier molecular flexibility index (Phi) is 4.92. The minimum atomic E-state index is -0.379. The lowest BCUT2D eigenvalue weighted by Gasteiger charge is -2.22. The second-order valence-corrected chi connectivity index (χ2v) is 7.18. The Bertz CT molecular complexity index is 605. The number of rotatable bonds is 6. The van der Waals surface area contributed by atoms with E-state index in [0.717, 1.165) is 17.5 Å². The summed E-state index contributed by atoms with van der Waals surface area (Å²) in [6.45, 7) is 5.19. The molecular weight excluding hydrogens is 312 g/mol. The van der Waals surface area contributed by atoms with Crippen LogP contribution in [0, 0.1) is 0 Å². The molecule has 3 rings (SSSR count). The zero-order valence-corrected chi connectivity index (χ0v) is 14.3. The number of nitrogens with one attached hydrogen (secondary N) is 1. The molecule has 1 aromatic rings. The summed E-state index contributed by atoms with van der Waals surface area (Å²) in [5.41, 5.74) is 1.76. The number of hydrogen-bond acceptors (Lipinski definition) is 4. The average molecular weight is 334 g/mol. The molecule has 23 heavy (non-hydrogen) atoms. The lowest BCUT2D eigenvalue weighted by Crippen LogP contribution is -2.46. The standard InChI is InChI=1S/C17H22N2O3S/c1-11(2)22-9-5-8-18-15(20)14-10-23-17-13-7-4-3-6-12(13)16(21)19(14)17/h3-4,6-7,11,14,17H,5,8-10H2,1-2H3,(H,18,20)/t14-,17-/m0/s1. The van der Waals surface area contributed by atoms with Crippen LogP contribution in [0.4, 0.5) is 0 Å². The van der Waals surface area contributed by atoms with E-state index in [2.05, 4.69) is 5.32 Å². The van der Waals surface area contributed by atoms with Crippen LogP contribution in [0.2, 0.25) is 0 Å². The predicted molar refractivity (Wildman–Crippen MR) is 90.3 cm³/mol. The van der Waals surface area contributed by atoms with Crippen molar-refractivity contribution in [2.75, 3.05) is 18.9 Å². The molecule has 2 aliphatic rings. The Labute approximate surface area is 140 Å². The summed E-state index contributed by atoms with van der Waals surface area (Å²) in [6, 6.07) is 7.26. The lowest BCUT2D eigenvalue weighted by molar-refractivity contribution is -0.124. The van der Waals surface area contributed by atoms with Gasteiger partial charge in [0.15, 0.2) is 0 Å². The molecule has 1 N–H and O–H groups in total. The summed E-state index contributed by atoms with van der Waals surface area (Å²) in [5.74, 6) is 0.559. The van der Waals surface area contributed by atoms with Gasteiger partial charge in [-0.1, -0.05) is 18.2 Å². The van der Waals surface area contributed by atoms with Crippen LogP contribution in [0.25, 0.3) is 0 Å². The van der Waals surface area contributed by atoms with Gasteiger partial charge < -0.3 is 15.0 Å². The number of nitrogens with zero attached hydrogens (tertiary/aromatic N) is 1. The summed E-state index contributed by atoms with van der Waals surface area (Å²) < 4.78 is 5.46. The van der Waals surface area contributed by atoms with Gasteiger partial charge in [-0.25, -0.2) is 0 Å². The zero-order valence-electron chi connectivity index (χ0n) is 13.5. The number of amides is 2. The van der Waals surface area contributed by atoms with E-state index in [1.807, 2.05) is 38.1 Å². The van der Waals surface area contributed by atoms with Crippen LogP contribution in [0.1, 0.15) is 41.6 Å². The van der Waals surface area contributed by atoms with Gasteiger partial charge in [-0.15, -0.1) is 11.8 Å². The van der Waals surface area contributed by atoms with Crippen LogP contribution < -0.4 is 5.32 Å². The highest BCUT2D eigenvalue weighted by molar-refractivity contribution is 7.99. The highest BCUT2D eigenvalue weighted by Gasteiger charge is 2.48. The topological polar surface area (TPSA) is 58.6 Å². The van der Waals surface area contributed by atoms with Gasteiger partial charge in [-0.05, 0) is 31.9 Å². The molecule has 2 amide bonds. The number of thioether (sulfide) groups is 1. The Balaban J connectivity index is 1.56. The minimum absolute atomic E-state index is 0.0151. The Morgan fingerprint density at radius 1 is 1.43 bits per heavy atom. The molecule has 6 heteroatoms. The fourth-order valence-electron chi connectivity index (χ4n) is 2.96. The molecule has 0 saturated carbocycles. The average Bonchev–Trinajstić information content (AvgIpc) is 3.08. The van der Waals surface area contributed by atoms with E-state index in [1.54, 1.807) is 16.7 Å². The van der Waals surface area contributed by atoms with E-state index in [-0.39, 0.29) is 29.3 Å². The number of ether oxygens (including phenoxy) is 1. The van der Waals surface area contributed by atoms with Crippen molar-refractivity contribution in [2.24, 2.45) is 0 Å². The van der Waals surface area contributed by atoms with Gasteiger partial charge in [0.1, 0.15) is 11.4 Å². The van der Waals surface area contributed by atoms with E-state index in [4.69, 9.17) is 4.74 Å². The second kappa shape index (κ2) is 6.93. The number of hydrogen-bond donors (Lipinski definition) is 1. The van der Waals surface area contributed by atoms with Crippen molar-refractivity contribution in [1.29, 1.82) is 0 Å². The largest absolute Gasteiger partial charge is 0.379 e. The fraction of sp³-hybridized carbons (Fsp3) is 0.529. The maximum Gasteiger partial charge on any atom is 0.256 e. The van der Waals surface area contributed by atoms with Gasteiger partial charge in [-0.2, -0.15) is 0 Å². The van der Waals surface area contributed by atoms with E-state index in [9.17, 15) is 9.59 Å². The van der Waals surface area contributed by atoms with Gasteiger partial charge in [-0.3, -0.25) is 9.59 Å². The molecule has 0 unspecified atom stereocenters. The Morgan fingerprint density at radius 2 is 2.22 bits per heavy atom. The van der Waals surface area contributed by atoms with Crippen molar-refractivity contribution >= 4 is 23.6 Å². The fourth-order valence-corrected chi connectivity index (χ4v) is 4.43. The molecule has 1 saturated heterocycles. The van der Waals surface area contributed by atoms with Gasteiger partial charge in [0, 0.05) is 24.5 Å². The molecule has 2 aliphatic heterocycles. The first-order valence-electron chi connectivity index (χ1n) is 8.02. The van der Waals surface area contributed by atoms with Crippen molar-refractivity contribution in [2.45, 2.75) is 37.8 Å². The molecule has 0 radical (unpaired) electrons. The Hall–Kier alpha value is -1.53. The molecule has 1 aromatic carbocycles.